The van der Waals surface area contributed by atoms with Gasteiger partial charge in [-0.05, 0) is 67.8 Å². The molecule has 0 aliphatic carbocycles. The highest BCUT2D eigenvalue weighted by Crippen LogP contribution is 2.23. The van der Waals surface area contributed by atoms with Crippen LogP contribution in [0.2, 0.25) is 5.02 Å². The number of nitrogens with one attached hydrogen (secondary N) is 2. The molecule has 3 aromatic rings. The van der Waals surface area contributed by atoms with Gasteiger partial charge in [-0.1, -0.05) is 29.8 Å². The molecule has 3 rings (SSSR count). The molecule has 0 saturated heterocycles. The lowest BCUT2D eigenvalue weighted by molar-refractivity contribution is 0.0636. The largest absolute Gasteiger partial charge is 0.444 e. The molecule has 0 atom stereocenters. The van der Waals surface area contributed by atoms with Crippen molar-refractivity contribution in [1.29, 1.82) is 0 Å². The van der Waals surface area contributed by atoms with Gasteiger partial charge in [-0.3, -0.25) is 10.1 Å². The number of benzene rings is 2. The van der Waals surface area contributed by atoms with E-state index in [2.05, 4.69) is 10.3 Å². The van der Waals surface area contributed by atoms with Crippen molar-refractivity contribution in [3.05, 3.63) is 87.0 Å². The lowest BCUT2D eigenvalue weighted by atomic mass is 10.0. The normalized spacial score (nSPS) is 11.2. The molecule has 1 aromatic heterocycles. The zero-order chi connectivity index (χ0) is 21.9. The second-order valence-electron chi connectivity index (χ2n) is 7.86. The minimum atomic E-state index is -0.583. The van der Waals surface area contributed by atoms with Crippen LogP contribution in [-0.4, -0.2) is 16.7 Å². The van der Waals surface area contributed by atoms with Crippen molar-refractivity contribution in [3.63, 3.8) is 0 Å². The summed E-state index contributed by atoms with van der Waals surface area (Å²) in [6.45, 7) is 5.37. The molecule has 2 N–H and O–H groups in total. The molecule has 0 aliphatic rings. The smallest absolute Gasteiger partial charge is 0.412 e. The molecule has 30 heavy (non-hydrogen) atoms. The molecule has 0 aliphatic heterocycles. The van der Waals surface area contributed by atoms with Crippen LogP contribution in [0.15, 0.2) is 59.5 Å². The summed E-state index contributed by atoms with van der Waals surface area (Å²) in [4.78, 5) is 26.8. The van der Waals surface area contributed by atoms with Gasteiger partial charge in [0, 0.05) is 28.9 Å². The lowest BCUT2D eigenvalue weighted by Gasteiger charge is -2.19. The SMILES string of the molecule is CC(C)(C)OC(=O)Nc1ccc(-c2c[nH]c(=O)c(Cc3ccc(Cl)cc3F)c2)cc1. The Morgan fingerprint density at radius 3 is 2.40 bits per heavy atom. The second kappa shape index (κ2) is 8.71. The van der Waals surface area contributed by atoms with Crippen molar-refractivity contribution < 1.29 is 13.9 Å². The molecule has 0 saturated carbocycles. The highest BCUT2D eigenvalue weighted by Gasteiger charge is 2.16. The maximum absolute atomic E-state index is 14.1. The van der Waals surface area contributed by atoms with Crippen molar-refractivity contribution in [2.45, 2.75) is 32.8 Å². The van der Waals surface area contributed by atoms with Gasteiger partial charge in [0.05, 0.1) is 0 Å². The highest BCUT2D eigenvalue weighted by molar-refractivity contribution is 6.30. The summed E-state index contributed by atoms with van der Waals surface area (Å²) in [7, 11) is 0. The van der Waals surface area contributed by atoms with Crippen molar-refractivity contribution >= 4 is 23.4 Å². The minimum absolute atomic E-state index is 0.143. The first-order valence-electron chi connectivity index (χ1n) is 9.37. The Labute approximate surface area is 178 Å². The van der Waals surface area contributed by atoms with Crippen molar-refractivity contribution in [1.82, 2.24) is 4.98 Å². The Hall–Kier alpha value is -3.12. The van der Waals surface area contributed by atoms with E-state index in [1.165, 1.54) is 6.07 Å². The van der Waals surface area contributed by atoms with Crippen molar-refractivity contribution in [2.75, 3.05) is 5.32 Å². The summed E-state index contributed by atoms with van der Waals surface area (Å²) in [5.41, 5.74) is 2.14. The van der Waals surface area contributed by atoms with Gasteiger partial charge in [-0.25, -0.2) is 9.18 Å². The summed E-state index contributed by atoms with van der Waals surface area (Å²) >= 11 is 5.79. The van der Waals surface area contributed by atoms with Crippen LogP contribution in [0, 0.1) is 5.82 Å². The highest BCUT2D eigenvalue weighted by atomic mass is 35.5. The Kier molecular flexibility index (Phi) is 6.27. The van der Waals surface area contributed by atoms with E-state index in [0.717, 1.165) is 11.1 Å². The standard InChI is InChI=1S/C23H22ClFN2O3/c1-23(2,3)30-22(29)27-19-8-5-14(6-9-19)17-11-16(21(28)26-13-17)10-15-4-7-18(24)12-20(15)25/h4-9,11-13H,10H2,1-3H3,(H,26,28)(H,27,29). The number of carbonyl (C=O) groups excluding carboxylic acids is 1. The van der Waals surface area contributed by atoms with Crippen molar-refractivity contribution in [2.24, 2.45) is 0 Å². The molecule has 5 nitrogen and oxygen atoms in total. The molecular formula is C23H22ClFN2O3. The second-order valence-corrected chi connectivity index (χ2v) is 8.30. The average molecular weight is 429 g/mol. The summed E-state index contributed by atoms with van der Waals surface area (Å²) in [6.07, 6.45) is 1.21. The molecule has 0 unspecified atom stereocenters. The van der Waals surface area contributed by atoms with E-state index in [9.17, 15) is 14.0 Å². The Bertz CT molecular complexity index is 1120. The van der Waals surface area contributed by atoms with E-state index in [1.54, 1.807) is 57.3 Å². The summed E-state index contributed by atoms with van der Waals surface area (Å²) in [6, 6.07) is 13.2. The number of H-pyrrole nitrogens is 1. The van der Waals surface area contributed by atoms with Gasteiger partial charge in [-0.15, -0.1) is 0 Å². The topological polar surface area (TPSA) is 71.2 Å². The van der Waals surface area contributed by atoms with Crippen LogP contribution in [-0.2, 0) is 11.2 Å². The Morgan fingerprint density at radius 1 is 1.07 bits per heavy atom. The third kappa shape index (κ3) is 5.70. The molecule has 7 heteroatoms. The number of anilines is 1. The summed E-state index contributed by atoms with van der Waals surface area (Å²) < 4.78 is 19.3. The number of pyridine rings is 1. The first-order chi connectivity index (χ1) is 14.1. The van der Waals surface area contributed by atoms with Crippen molar-refractivity contribution in [3.8, 4) is 11.1 Å². The van der Waals surface area contributed by atoms with Gasteiger partial charge >= 0.3 is 6.09 Å². The van der Waals surface area contributed by atoms with Crippen LogP contribution < -0.4 is 10.9 Å². The first kappa shape index (κ1) is 21.6. The number of rotatable bonds is 4. The number of hydrogen-bond acceptors (Lipinski definition) is 3. The molecule has 0 fully saturated rings. The minimum Gasteiger partial charge on any atom is -0.444 e. The molecule has 2 aromatic carbocycles. The molecule has 1 amide bonds. The fourth-order valence-electron chi connectivity index (χ4n) is 2.87. The van der Waals surface area contributed by atoms with Crippen LogP contribution in [0.3, 0.4) is 0 Å². The molecule has 0 bridgehead atoms. The van der Waals surface area contributed by atoms with Gasteiger partial charge in [0.25, 0.3) is 5.56 Å². The van der Waals surface area contributed by atoms with Crippen LogP contribution in [0.4, 0.5) is 14.9 Å². The number of aromatic nitrogens is 1. The molecule has 156 valence electrons. The summed E-state index contributed by atoms with van der Waals surface area (Å²) in [5, 5.41) is 2.97. The number of ether oxygens (including phenoxy) is 1. The number of carbonyl (C=O) groups is 1. The zero-order valence-corrected chi connectivity index (χ0v) is 17.6. The van der Waals surface area contributed by atoms with Crippen LogP contribution in [0.5, 0.6) is 0 Å². The van der Waals surface area contributed by atoms with Gasteiger partial charge in [0.2, 0.25) is 0 Å². The number of halogens is 2. The molecule has 1 heterocycles. The maximum Gasteiger partial charge on any atom is 0.412 e. The van der Waals surface area contributed by atoms with E-state index in [4.69, 9.17) is 16.3 Å². The number of hydrogen-bond donors (Lipinski definition) is 2. The Balaban J connectivity index is 1.79. The fourth-order valence-corrected chi connectivity index (χ4v) is 3.03. The van der Waals surface area contributed by atoms with Crippen LogP contribution in [0.25, 0.3) is 11.1 Å². The zero-order valence-electron chi connectivity index (χ0n) is 16.9. The van der Waals surface area contributed by atoms with Crippen LogP contribution in [0.1, 0.15) is 31.9 Å². The van der Waals surface area contributed by atoms with Crippen LogP contribution >= 0.6 is 11.6 Å². The summed E-state index contributed by atoms with van der Waals surface area (Å²) in [5.74, 6) is -0.454. The third-order valence-corrected chi connectivity index (χ3v) is 4.47. The monoisotopic (exact) mass is 428 g/mol. The van der Waals surface area contributed by atoms with E-state index in [-0.39, 0.29) is 12.0 Å². The average Bonchev–Trinajstić information content (AvgIpc) is 2.65. The first-order valence-corrected chi connectivity index (χ1v) is 9.74. The van der Waals surface area contributed by atoms with Gasteiger partial charge < -0.3 is 9.72 Å². The maximum atomic E-state index is 14.1. The molecule has 0 spiro atoms. The van der Waals surface area contributed by atoms with Gasteiger partial charge in [-0.2, -0.15) is 0 Å². The quantitative estimate of drug-likeness (QED) is 0.554. The van der Waals surface area contributed by atoms with Gasteiger partial charge in [0.15, 0.2) is 0 Å². The van der Waals surface area contributed by atoms with E-state index >= 15 is 0 Å². The van der Waals surface area contributed by atoms with Gasteiger partial charge in [0.1, 0.15) is 11.4 Å². The lowest BCUT2D eigenvalue weighted by Crippen LogP contribution is -2.27. The molecule has 0 radical (unpaired) electrons. The fraction of sp³-hybridized carbons (Fsp3) is 0.217. The van der Waals surface area contributed by atoms with E-state index in [1.807, 2.05) is 12.1 Å². The van der Waals surface area contributed by atoms with E-state index in [0.29, 0.717) is 21.8 Å². The number of amides is 1. The molecular weight excluding hydrogens is 407 g/mol. The predicted octanol–water partition coefficient (Wildman–Crippen LogP) is 5.77. The number of aromatic amines is 1. The van der Waals surface area contributed by atoms with E-state index < -0.39 is 17.5 Å². The third-order valence-electron chi connectivity index (χ3n) is 4.24. The predicted molar refractivity (Wildman–Crippen MR) is 117 cm³/mol. The Morgan fingerprint density at radius 2 is 1.77 bits per heavy atom.